The van der Waals surface area contributed by atoms with Crippen molar-refractivity contribution in [1.29, 1.82) is 0 Å². The highest BCUT2D eigenvalue weighted by molar-refractivity contribution is 5.72. The van der Waals surface area contributed by atoms with Crippen molar-refractivity contribution >= 4 is 5.91 Å². The van der Waals surface area contributed by atoms with Crippen LogP contribution >= 0.6 is 0 Å². The summed E-state index contributed by atoms with van der Waals surface area (Å²) in [4.78, 5) is 13.9. The van der Waals surface area contributed by atoms with Gasteiger partial charge in [0.05, 0.1) is 12.7 Å². The fourth-order valence-electron chi connectivity index (χ4n) is 4.57. The highest BCUT2D eigenvalue weighted by Crippen LogP contribution is 2.34. The molecule has 3 aromatic carbocycles. The van der Waals surface area contributed by atoms with Crippen molar-refractivity contribution in [2.75, 3.05) is 20.1 Å². The summed E-state index contributed by atoms with van der Waals surface area (Å²) in [7, 11) is 2.12. The van der Waals surface area contributed by atoms with E-state index in [0.29, 0.717) is 37.9 Å². The van der Waals surface area contributed by atoms with E-state index in [1.165, 1.54) is 0 Å². The standard InChI is InChI=1S/C30H36N2O4/c1-23(33)31-19-29(27-16-10-18-32(27)2)35-22-26-15-9-17-28(34-20-24-11-5-3-6-12-24)30(26)36-21-25-13-7-4-8-14-25/h3-9,11-15,17,27,29H,10,16,18-22H2,1-2H3,(H,31,33). The van der Waals surface area contributed by atoms with Crippen LogP contribution in [0.1, 0.15) is 36.5 Å². The minimum absolute atomic E-state index is 0.0487. The van der Waals surface area contributed by atoms with Gasteiger partial charge in [-0.25, -0.2) is 0 Å². The molecule has 4 rings (SSSR count). The molecule has 0 aromatic heterocycles. The van der Waals surface area contributed by atoms with Gasteiger partial charge in [-0.2, -0.15) is 0 Å². The van der Waals surface area contributed by atoms with Gasteiger partial charge in [-0.05, 0) is 43.6 Å². The molecule has 1 heterocycles. The van der Waals surface area contributed by atoms with E-state index in [-0.39, 0.29) is 18.1 Å². The van der Waals surface area contributed by atoms with Gasteiger partial charge in [0.1, 0.15) is 13.2 Å². The highest BCUT2D eigenvalue weighted by Gasteiger charge is 2.30. The van der Waals surface area contributed by atoms with Crippen LogP contribution in [0.15, 0.2) is 78.9 Å². The lowest BCUT2D eigenvalue weighted by Crippen LogP contribution is -2.45. The molecule has 0 spiro atoms. The molecule has 1 fully saturated rings. The van der Waals surface area contributed by atoms with Gasteiger partial charge in [0.15, 0.2) is 11.5 Å². The molecule has 36 heavy (non-hydrogen) atoms. The molecular weight excluding hydrogens is 452 g/mol. The van der Waals surface area contributed by atoms with Crippen LogP contribution in [0.2, 0.25) is 0 Å². The lowest BCUT2D eigenvalue weighted by atomic mass is 10.1. The molecule has 0 bridgehead atoms. The molecule has 6 nitrogen and oxygen atoms in total. The molecule has 1 aliphatic heterocycles. The number of hydrogen-bond acceptors (Lipinski definition) is 5. The minimum atomic E-state index is -0.114. The van der Waals surface area contributed by atoms with E-state index in [9.17, 15) is 4.79 Å². The molecule has 1 N–H and O–H groups in total. The van der Waals surface area contributed by atoms with Crippen LogP contribution in [0.3, 0.4) is 0 Å². The smallest absolute Gasteiger partial charge is 0.216 e. The Hall–Kier alpha value is -3.35. The van der Waals surface area contributed by atoms with Crippen molar-refractivity contribution < 1.29 is 19.0 Å². The predicted molar refractivity (Wildman–Crippen MR) is 141 cm³/mol. The molecule has 190 valence electrons. The second-order valence-electron chi connectivity index (χ2n) is 9.27. The van der Waals surface area contributed by atoms with Crippen LogP contribution in [-0.2, 0) is 29.4 Å². The second-order valence-corrected chi connectivity index (χ2v) is 9.27. The third-order valence-corrected chi connectivity index (χ3v) is 6.53. The largest absolute Gasteiger partial charge is 0.485 e. The molecule has 1 saturated heterocycles. The van der Waals surface area contributed by atoms with E-state index in [0.717, 1.165) is 36.1 Å². The van der Waals surface area contributed by atoms with Gasteiger partial charge >= 0.3 is 0 Å². The third-order valence-electron chi connectivity index (χ3n) is 6.53. The summed E-state index contributed by atoms with van der Waals surface area (Å²) >= 11 is 0. The minimum Gasteiger partial charge on any atom is -0.485 e. The number of carbonyl (C=O) groups excluding carboxylic acids is 1. The van der Waals surface area contributed by atoms with Gasteiger partial charge in [-0.15, -0.1) is 0 Å². The summed E-state index contributed by atoms with van der Waals surface area (Å²) in [5, 5.41) is 2.94. The number of ether oxygens (including phenoxy) is 3. The lowest BCUT2D eigenvalue weighted by molar-refractivity contribution is -0.120. The summed E-state index contributed by atoms with van der Waals surface area (Å²) in [6.07, 6.45) is 2.07. The first kappa shape index (κ1) is 25.7. The molecule has 0 aliphatic carbocycles. The van der Waals surface area contributed by atoms with E-state index >= 15 is 0 Å². The molecule has 0 saturated carbocycles. The number of carbonyl (C=O) groups is 1. The Balaban J connectivity index is 1.52. The summed E-state index contributed by atoms with van der Waals surface area (Å²) in [6, 6.07) is 26.4. The van der Waals surface area contributed by atoms with Crippen molar-refractivity contribution in [2.45, 2.75) is 51.7 Å². The number of benzene rings is 3. The van der Waals surface area contributed by atoms with Crippen LogP contribution in [0.4, 0.5) is 0 Å². The van der Waals surface area contributed by atoms with E-state index < -0.39 is 0 Å². The number of para-hydroxylation sites is 1. The Labute approximate surface area is 214 Å². The Morgan fingerprint density at radius 3 is 2.19 bits per heavy atom. The van der Waals surface area contributed by atoms with E-state index in [4.69, 9.17) is 14.2 Å². The number of likely N-dealkylation sites (tertiary alicyclic amines) is 1. The third kappa shape index (κ3) is 7.33. The second kappa shape index (κ2) is 13.1. The highest BCUT2D eigenvalue weighted by atomic mass is 16.5. The van der Waals surface area contributed by atoms with Crippen LogP contribution in [0, 0.1) is 0 Å². The zero-order chi connectivity index (χ0) is 25.2. The molecule has 2 unspecified atom stereocenters. The first-order chi connectivity index (χ1) is 17.6. The van der Waals surface area contributed by atoms with Crippen LogP contribution < -0.4 is 14.8 Å². The van der Waals surface area contributed by atoms with Gasteiger partial charge in [0.2, 0.25) is 5.91 Å². The number of hydrogen-bond donors (Lipinski definition) is 1. The molecule has 3 aromatic rings. The number of nitrogens with one attached hydrogen (secondary N) is 1. The van der Waals surface area contributed by atoms with Crippen molar-refractivity contribution in [2.24, 2.45) is 0 Å². The number of nitrogens with zero attached hydrogens (tertiary/aromatic N) is 1. The SMILES string of the molecule is CC(=O)NCC(OCc1cccc(OCc2ccccc2)c1OCc1ccccc1)C1CCCN1C. The molecular formula is C30H36N2O4. The first-order valence-corrected chi connectivity index (χ1v) is 12.6. The Morgan fingerprint density at radius 1 is 0.917 bits per heavy atom. The zero-order valence-corrected chi connectivity index (χ0v) is 21.2. The first-order valence-electron chi connectivity index (χ1n) is 12.6. The van der Waals surface area contributed by atoms with Crippen molar-refractivity contribution in [1.82, 2.24) is 10.2 Å². The lowest BCUT2D eigenvalue weighted by Gasteiger charge is -2.29. The van der Waals surface area contributed by atoms with Crippen molar-refractivity contribution in [3.05, 3.63) is 95.6 Å². The molecule has 1 amide bonds. The van der Waals surface area contributed by atoms with Gasteiger partial charge in [-0.1, -0.05) is 72.8 Å². The summed E-state index contributed by atoms with van der Waals surface area (Å²) < 4.78 is 19.0. The van der Waals surface area contributed by atoms with E-state index in [2.05, 4.69) is 17.3 Å². The monoisotopic (exact) mass is 488 g/mol. The molecule has 2 atom stereocenters. The summed E-state index contributed by atoms with van der Waals surface area (Å²) in [6.45, 7) is 4.30. The van der Waals surface area contributed by atoms with Gasteiger partial charge in [-0.3, -0.25) is 4.79 Å². The van der Waals surface area contributed by atoms with Gasteiger partial charge in [0.25, 0.3) is 0 Å². The Morgan fingerprint density at radius 2 is 1.58 bits per heavy atom. The number of amides is 1. The Kier molecular flexibility index (Phi) is 9.36. The van der Waals surface area contributed by atoms with Gasteiger partial charge in [0, 0.05) is 25.1 Å². The molecule has 1 aliphatic rings. The number of likely N-dealkylation sites (N-methyl/N-ethyl adjacent to an activating group) is 1. The van der Waals surface area contributed by atoms with Crippen molar-refractivity contribution in [3.63, 3.8) is 0 Å². The fourth-order valence-corrected chi connectivity index (χ4v) is 4.57. The van der Waals surface area contributed by atoms with Gasteiger partial charge < -0.3 is 24.4 Å². The quantitative estimate of drug-likeness (QED) is 0.391. The normalized spacial score (nSPS) is 16.4. The van der Waals surface area contributed by atoms with Crippen LogP contribution in [0.5, 0.6) is 11.5 Å². The van der Waals surface area contributed by atoms with Crippen LogP contribution in [-0.4, -0.2) is 43.1 Å². The predicted octanol–water partition coefficient (Wildman–Crippen LogP) is 4.96. The Bertz CT molecular complexity index is 1090. The average Bonchev–Trinajstić information content (AvgIpc) is 3.33. The van der Waals surface area contributed by atoms with Crippen LogP contribution in [0.25, 0.3) is 0 Å². The van der Waals surface area contributed by atoms with E-state index in [1.54, 1.807) is 6.92 Å². The number of rotatable bonds is 12. The average molecular weight is 489 g/mol. The maximum Gasteiger partial charge on any atom is 0.216 e. The maximum atomic E-state index is 11.6. The fraction of sp³-hybridized carbons (Fsp3) is 0.367. The van der Waals surface area contributed by atoms with Crippen molar-refractivity contribution in [3.8, 4) is 11.5 Å². The molecule has 0 radical (unpaired) electrons. The molecule has 6 heteroatoms. The maximum absolute atomic E-state index is 11.6. The topological polar surface area (TPSA) is 60.0 Å². The summed E-state index contributed by atoms with van der Waals surface area (Å²) in [5.74, 6) is 1.33. The summed E-state index contributed by atoms with van der Waals surface area (Å²) in [5.41, 5.74) is 3.09. The van der Waals surface area contributed by atoms with E-state index in [1.807, 2.05) is 78.9 Å². The zero-order valence-electron chi connectivity index (χ0n) is 21.2.